The molecule has 0 bridgehead atoms. The van der Waals surface area contributed by atoms with E-state index in [0.29, 0.717) is 0 Å². The van der Waals surface area contributed by atoms with E-state index < -0.39 is 0 Å². The molecule has 2 rings (SSSR count). The summed E-state index contributed by atoms with van der Waals surface area (Å²) < 4.78 is 5.19. The van der Waals surface area contributed by atoms with Crippen molar-refractivity contribution in [2.75, 3.05) is 19.0 Å². The van der Waals surface area contributed by atoms with Crippen molar-refractivity contribution in [2.45, 2.75) is 5.41 Å². The fourth-order valence-electron chi connectivity index (χ4n) is 1.35. The number of ether oxygens (including phenoxy) is 1. The molecule has 0 N–H and O–H groups in total. The van der Waals surface area contributed by atoms with Gasteiger partial charge in [-0.2, -0.15) is 12.6 Å². The predicted octanol–water partition coefficient (Wildman–Crippen LogP) is 1.28. The van der Waals surface area contributed by atoms with Crippen LogP contribution in [0.4, 0.5) is 0 Å². The highest BCUT2D eigenvalue weighted by molar-refractivity contribution is 7.80. The third-order valence-corrected chi connectivity index (χ3v) is 2.87. The molecule has 0 unspecified atom stereocenters. The second kappa shape index (κ2) is 3.07. The number of hydrogen-bond donors (Lipinski definition) is 1. The molecule has 0 aromatic carbocycles. The van der Waals surface area contributed by atoms with Crippen LogP contribution in [-0.2, 0) is 10.2 Å². The molecular formula is C9H11NOS. The summed E-state index contributed by atoms with van der Waals surface area (Å²) >= 11 is 4.32. The Labute approximate surface area is 77.4 Å². The molecule has 1 saturated heterocycles. The molecule has 12 heavy (non-hydrogen) atoms. The lowest BCUT2D eigenvalue weighted by Crippen LogP contribution is -2.48. The van der Waals surface area contributed by atoms with Crippen LogP contribution in [0.15, 0.2) is 24.4 Å². The van der Waals surface area contributed by atoms with Crippen molar-refractivity contribution in [2.24, 2.45) is 0 Å². The molecule has 3 heteroatoms. The first-order valence-corrected chi connectivity index (χ1v) is 4.61. The van der Waals surface area contributed by atoms with Gasteiger partial charge in [0.25, 0.3) is 0 Å². The van der Waals surface area contributed by atoms with Crippen LogP contribution < -0.4 is 0 Å². The van der Waals surface area contributed by atoms with Crippen LogP contribution >= 0.6 is 12.6 Å². The number of hydrogen-bond acceptors (Lipinski definition) is 3. The fourth-order valence-corrected chi connectivity index (χ4v) is 1.69. The largest absolute Gasteiger partial charge is 0.379 e. The van der Waals surface area contributed by atoms with Gasteiger partial charge in [0.1, 0.15) is 0 Å². The van der Waals surface area contributed by atoms with E-state index >= 15 is 0 Å². The smallest absolute Gasteiger partial charge is 0.0680 e. The molecular weight excluding hydrogens is 170 g/mol. The van der Waals surface area contributed by atoms with E-state index in [4.69, 9.17) is 4.74 Å². The van der Waals surface area contributed by atoms with Gasteiger partial charge in [-0.3, -0.25) is 4.98 Å². The number of nitrogens with zero attached hydrogens (tertiary/aromatic N) is 1. The first-order valence-electron chi connectivity index (χ1n) is 3.97. The molecule has 0 aliphatic carbocycles. The van der Waals surface area contributed by atoms with Crippen molar-refractivity contribution in [1.82, 2.24) is 4.98 Å². The Hall–Kier alpha value is -0.540. The molecule has 1 fully saturated rings. The van der Waals surface area contributed by atoms with Crippen molar-refractivity contribution < 1.29 is 4.74 Å². The third kappa shape index (κ3) is 1.13. The van der Waals surface area contributed by atoms with Gasteiger partial charge in [-0.15, -0.1) is 0 Å². The molecule has 2 nitrogen and oxygen atoms in total. The van der Waals surface area contributed by atoms with Gasteiger partial charge in [0, 0.05) is 11.9 Å². The van der Waals surface area contributed by atoms with Crippen molar-refractivity contribution >= 4 is 12.6 Å². The quantitative estimate of drug-likeness (QED) is 0.694. The van der Waals surface area contributed by atoms with Crippen molar-refractivity contribution in [1.29, 1.82) is 0 Å². The maximum Gasteiger partial charge on any atom is 0.0680 e. The molecule has 0 radical (unpaired) electrons. The molecule has 0 atom stereocenters. The van der Waals surface area contributed by atoms with E-state index in [0.717, 1.165) is 24.7 Å². The van der Waals surface area contributed by atoms with Gasteiger partial charge in [-0.25, -0.2) is 0 Å². The minimum absolute atomic E-state index is 0.0877. The second-order valence-corrected chi connectivity index (χ2v) is 3.46. The highest BCUT2D eigenvalue weighted by Crippen LogP contribution is 2.31. The Morgan fingerprint density at radius 1 is 1.50 bits per heavy atom. The third-order valence-electron chi connectivity index (χ3n) is 2.27. The lowest BCUT2D eigenvalue weighted by atomic mass is 9.84. The van der Waals surface area contributed by atoms with Gasteiger partial charge in [-0.05, 0) is 12.1 Å². The summed E-state index contributed by atoms with van der Waals surface area (Å²) in [6, 6.07) is 5.97. The Morgan fingerprint density at radius 2 is 2.33 bits per heavy atom. The monoisotopic (exact) mass is 181 g/mol. The standard InChI is InChI=1S/C9H11NOS/c12-7-9(5-11-6-9)8-3-1-2-4-10-8/h1-4,12H,5-7H2. The van der Waals surface area contributed by atoms with Crippen LogP contribution in [0.1, 0.15) is 5.69 Å². The zero-order valence-electron chi connectivity index (χ0n) is 6.73. The number of thiol groups is 1. The average molecular weight is 181 g/mol. The van der Waals surface area contributed by atoms with E-state index in [2.05, 4.69) is 17.6 Å². The van der Waals surface area contributed by atoms with Crippen LogP contribution in [0, 0.1) is 0 Å². The number of rotatable bonds is 2. The van der Waals surface area contributed by atoms with Gasteiger partial charge in [0.2, 0.25) is 0 Å². The fraction of sp³-hybridized carbons (Fsp3) is 0.444. The second-order valence-electron chi connectivity index (χ2n) is 3.15. The zero-order chi connectivity index (χ0) is 8.44. The maximum absolute atomic E-state index is 5.19. The van der Waals surface area contributed by atoms with Gasteiger partial charge in [0.15, 0.2) is 0 Å². The summed E-state index contributed by atoms with van der Waals surface area (Å²) in [4.78, 5) is 4.31. The van der Waals surface area contributed by atoms with E-state index in [-0.39, 0.29) is 5.41 Å². The summed E-state index contributed by atoms with van der Waals surface area (Å²) in [7, 11) is 0. The Balaban J connectivity index is 2.28. The van der Waals surface area contributed by atoms with Crippen molar-refractivity contribution in [3.8, 4) is 0 Å². The molecule has 1 aliphatic heterocycles. The highest BCUT2D eigenvalue weighted by Gasteiger charge is 2.40. The van der Waals surface area contributed by atoms with E-state index in [1.807, 2.05) is 24.4 Å². The molecule has 2 heterocycles. The summed E-state index contributed by atoms with van der Waals surface area (Å²) in [6.07, 6.45) is 1.82. The highest BCUT2D eigenvalue weighted by atomic mass is 32.1. The van der Waals surface area contributed by atoms with Crippen LogP contribution in [0.2, 0.25) is 0 Å². The molecule has 1 aromatic rings. The van der Waals surface area contributed by atoms with E-state index in [1.165, 1.54) is 0 Å². The Morgan fingerprint density at radius 3 is 2.75 bits per heavy atom. The molecule has 0 spiro atoms. The summed E-state index contributed by atoms with van der Waals surface area (Å²) in [5.41, 5.74) is 1.19. The molecule has 0 saturated carbocycles. The van der Waals surface area contributed by atoms with Gasteiger partial charge in [-0.1, -0.05) is 6.07 Å². The van der Waals surface area contributed by atoms with Crippen LogP contribution in [0.5, 0.6) is 0 Å². The molecule has 1 aliphatic rings. The summed E-state index contributed by atoms with van der Waals surface area (Å²) in [5.74, 6) is 0.810. The first kappa shape index (κ1) is 8.08. The van der Waals surface area contributed by atoms with Crippen LogP contribution in [0.3, 0.4) is 0 Å². The van der Waals surface area contributed by atoms with Crippen LogP contribution in [0.25, 0.3) is 0 Å². The molecule has 1 aromatic heterocycles. The molecule has 0 amide bonds. The maximum atomic E-state index is 5.19. The van der Waals surface area contributed by atoms with Gasteiger partial charge < -0.3 is 4.74 Å². The summed E-state index contributed by atoms with van der Waals surface area (Å²) in [5, 5.41) is 0. The van der Waals surface area contributed by atoms with Gasteiger partial charge in [0.05, 0.1) is 24.3 Å². The van der Waals surface area contributed by atoms with Gasteiger partial charge >= 0.3 is 0 Å². The minimum atomic E-state index is 0.0877. The normalized spacial score (nSPS) is 20.1. The number of pyridine rings is 1. The Bertz CT molecular complexity index is 253. The van der Waals surface area contributed by atoms with E-state index in [9.17, 15) is 0 Å². The zero-order valence-corrected chi connectivity index (χ0v) is 7.63. The lowest BCUT2D eigenvalue weighted by Gasteiger charge is -2.39. The minimum Gasteiger partial charge on any atom is -0.379 e. The Kier molecular flexibility index (Phi) is 2.07. The SMILES string of the molecule is SCC1(c2ccccn2)COC1. The topological polar surface area (TPSA) is 22.1 Å². The molecule has 64 valence electrons. The predicted molar refractivity (Wildman–Crippen MR) is 50.6 cm³/mol. The summed E-state index contributed by atoms with van der Waals surface area (Å²) in [6.45, 7) is 1.51. The van der Waals surface area contributed by atoms with Crippen molar-refractivity contribution in [3.05, 3.63) is 30.1 Å². The van der Waals surface area contributed by atoms with E-state index in [1.54, 1.807) is 0 Å². The van der Waals surface area contributed by atoms with Crippen LogP contribution in [-0.4, -0.2) is 24.0 Å². The average Bonchev–Trinajstić information content (AvgIpc) is 2.05. The number of aromatic nitrogens is 1. The van der Waals surface area contributed by atoms with Crippen molar-refractivity contribution in [3.63, 3.8) is 0 Å². The lowest BCUT2D eigenvalue weighted by molar-refractivity contribution is -0.0491. The first-order chi connectivity index (χ1) is 5.87.